The van der Waals surface area contributed by atoms with Crippen molar-refractivity contribution in [1.82, 2.24) is 9.47 Å². The maximum absolute atomic E-state index is 13.5. The number of hydrogen-bond donors (Lipinski definition) is 0. The van der Waals surface area contributed by atoms with Crippen LogP contribution >= 0.6 is 0 Å². The lowest BCUT2D eigenvalue weighted by Crippen LogP contribution is -2.25. The fourth-order valence-electron chi connectivity index (χ4n) is 3.52. The first kappa shape index (κ1) is 14.6. The Labute approximate surface area is 126 Å². The molecule has 0 N–H and O–H groups in total. The van der Waals surface area contributed by atoms with Gasteiger partial charge >= 0.3 is 0 Å². The molecule has 0 spiro atoms. The summed E-state index contributed by atoms with van der Waals surface area (Å²) < 4.78 is 15.8. The van der Waals surface area contributed by atoms with E-state index in [9.17, 15) is 4.39 Å². The van der Waals surface area contributed by atoms with Crippen LogP contribution in [0.15, 0.2) is 24.3 Å². The Balaban J connectivity index is 1.94. The highest BCUT2D eigenvalue weighted by Gasteiger charge is 2.16. The van der Waals surface area contributed by atoms with Gasteiger partial charge in [0.05, 0.1) is 0 Å². The molecular weight excluding hydrogens is 263 g/mol. The Hall–Kier alpha value is -1.35. The molecule has 114 valence electrons. The molecule has 2 nitrogen and oxygen atoms in total. The summed E-state index contributed by atoms with van der Waals surface area (Å²) in [5.41, 5.74) is 2.46. The van der Waals surface area contributed by atoms with Gasteiger partial charge in [-0.15, -0.1) is 0 Å². The number of nitrogens with zero attached hydrogens (tertiary/aromatic N) is 2. The Morgan fingerprint density at radius 1 is 1.05 bits per heavy atom. The smallest absolute Gasteiger partial charge is 0.123 e. The molecule has 2 aromatic rings. The lowest BCUT2D eigenvalue weighted by molar-refractivity contribution is 0.268. The summed E-state index contributed by atoms with van der Waals surface area (Å²) in [7, 11) is 0. The highest BCUT2D eigenvalue weighted by molar-refractivity contribution is 5.81. The third-order valence-corrected chi connectivity index (χ3v) is 4.48. The van der Waals surface area contributed by atoms with Crippen molar-refractivity contribution in [2.75, 3.05) is 13.1 Å². The lowest BCUT2D eigenvalue weighted by atomic mass is 10.2. The van der Waals surface area contributed by atoms with E-state index in [4.69, 9.17) is 0 Å². The third-order valence-electron chi connectivity index (χ3n) is 4.48. The number of fused-ring (bicyclic) bond motifs is 1. The van der Waals surface area contributed by atoms with Gasteiger partial charge in [0.25, 0.3) is 0 Å². The minimum atomic E-state index is -0.148. The van der Waals surface area contributed by atoms with Gasteiger partial charge in [-0.3, -0.25) is 4.90 Å². The molecule has 21 heavy (non-hydrogen) atoms. The van der Waals surface area contributed by atoms with Gasteiger partial charge in [0.15, 0.2) is 0 Å². The molecule has 2 heterocycles. The van der Waals surface area contributed by atoms with Crippen molar-refractivity contribution in [2.45, 2.75) is 52.1 Å². The molecule has 1 aliphatic heterocycles. The summed E-state index contributed by atoms with van der Waals surface area (Å²) in [4.78, 5) is 2.55. The van der Waals surface area contributed by atoms with Gasteiger partial charge in [0.1, 0.15) is 5.82 Å². The van der Waals surface area contributed by atoms with Gasteiger partial charge < -0.3 is 4.57 Å². The van der Waals surface area contributed by atoms with E-state index >= 15 is 0 Å². The largest absolute Gasteiger partial charge is 0.341 e. The monoisotopic (exact) mass is 288 g/mol. The summed E-state index contributed by atoms with van der Waals surface area (Å²) in [6.45, 7) is 7.76. The van der Waals surface area contributed by atoms with E-state index in [1.54, 1.807) is 12.1 Å². The molecule has 0 radical (unpaired) electrons. The zero-order valence-electron chi connectivity index (χ0n) is 13.1. The Morgan fingerprint density at radius 3 is 2.43 bits per heavy atom. The SMILES string of the molecule is CC(C)n1c(CN2CCCCCC2)cc2cc(F)ccc21. The molecule has 0 unspecified atom stereocenters. The molecule has 0 saturated carbocycles. The van der Waals surface area contributed by atoms with Crippen molar-refractivity contribution in [3.63, 3.8) is 0 Å². The van der Waals surface area contributed by atoms with Crippen LogP contribution < -0.4 is 0 Å². The maximum Gasteiger partial charge on any atom is 0.123 e. The number of halogens is 1. The highest BCUT2D eigenvalue weighted by Crippen LogP contribution is 2.26. The molecular formula is C18H25FN2. The van der Waals surface area contributed by atoms with Crippen LogP contribution in [-0.2, 0) is 6.54 Å². The molecule has 1 saturated heterocycles. The second kappa shape index (κ2) is 6.18. The maximum atomic E-state index is 13.5. The van der Waals surface area contributed by atoms with Crippen LogP contribution in [0.4, 0.5) is 4.39 Å². The fourth-order valence-corrected chi connectivity index (χ4v) is 3.52. The van der Waals surface area contributed by atoms with Gasteiger partial charge in [-0.1, -0.05) is 12.8 Å². The summed E-state index contributed by atoms with van der Waals surface area (Å²) in [5.74, 6) is -0.148. The van der Waals surface area contributed by atoms with Crippen LogP contribution in [-0.4, -0.2) is 22.6 Å². The molecule has 0 aliphatic carbocycles. The zero-order valence-corrected chi connectivity index (χ0v) is 13.1. The molecule has 1 aromatic carbocycles. The second-order valence-electron chi connectivity index (χ2n) is 6.49. The van der Waals surface area contributed by atoms with Crippen LogP contribution in [0.25, 0.3) is 10.9 Å². The molecule has 3 rings (SSSR count). The minimum Gasteiger partial charge on any atom is -0.341 e. The van der Waals surface area contributed by atoms with E-state index in [1.807, 2.05) is 6.07 Å². The van der Waals surface area contributed by atoms with Crippen molar-refractivity contribution < 1.29 is 4.39 Å². The van der Waals surface area contributed by atoms with E-state index < -0.39 is 0 Å². The van der Waals surface area contributed by atoms with E-state index in [1.165, 1.54) is 44.5 Å². The zero-order chi connectivity index (χ0) is 14.8. The van der Waals surface area contributed by atoms with Crippen molar-refractivity contribution in [1.29, 1.82) is 0 Å². The molecule has 3 heteroatoms. The minimum absolute atomic E-state index is 0.148. The molecule has 1 fully saturated rings. The standard InChI is InChI=1S/C18H25FN2/c1-14(2)21-17(13-20-9-5-3-4-6-10-20)12-15-11-16(19)7-8-18(15)21/h7-8,11-12,14H,3-6,9-10,13H2,1-2H3. The van der Waals surface area contributed by atoms with Gasteiger partial charge in [0, 0.05) is 29.2 Å². The average Bonchev–Trinajstić information content (AvgIpc) is 2.60. The topological polar surface area (TPSA) is 8.17 Å². The quantitative estimate of drug-likeness (QED) is 0.792. The molecule has 0 amide bonds. The van der Waals surface area contributed by atoms with Crippen LogP contribution in [0.5, 0.6) is 0 Å². The summed E-state index contributed by atoms with van der Waals surface area (Å²) in [6, 6.07) is 7.70. The van der Waals surface area contributed by atoms with Gasteiger partial charge in [-0.25, -0.2) is 4.39 Å². The average molecular weight is 288 g/mol. The van der Waals surface area contributed by atoms with E-state index in [-0.39, 0.29) is 5.82 Å². The normalized spacial score (nSPS) is 17.5. The molecule has 0 atom stereocenters. The predicted molar refractivity (Wildman–Crippen MR) is 86.0 cm³/mol. The number of benzene rings is 1. The highest BCUT2D eigenvalue weighted by atomic mass is 19.1. The summed E-state index contributed by atoms with van der Waals surface area (Å²) in [6.07, 6.45) is 5.32. The van der Waals surface area contributed by atoms with Gasteiger partial charge in [-0.2, -0.15) is 0 Å². The third kappa shape index (κ3) is 3.13. The first-order chi connectivity index (χ1) is 10.1. The van der Waals surface area contributed by atoms with Crippen molar-refractivity contribution in [3.05, 3.63) is 35.8 Å². The Morgan fingerprint density at radius 2 is 1.76 bits per heavy atom. The van der Waals surface area contributed by atoms with Gasteiger partial charge in [0.2, 0.25) is 0 Å². The lowest BCUT2D eigenvalue weighted by Gasteiger charge is -2.22. The van der Waals surface area contributed by atoms with E-state index in [0.717, 1.165) is 17.4 Å². The van der Waals surface area contributed by atoms with Crippen molar-refractivity contribution in [3.8, 4) is 0 Å². The van der Waals surface area contributed by atoms with Crippen molar-refractivity contribution in [2.24, 2.45) is 0 Å². The number of hydrogen-bond acceptors (Lipinski definition) is 1. The van der Waals surface area contributed by atoms with Crippen molar-refractivity contribution >= 4 is 10.9 Å². The van der Waals surface area contributed by atoms with Crippen LogP contribution in [0.3, 0.4) is 0 Å². The number of aromatic nitrogens is 1. The Bertz CT molecular complexity index is 607. The summed E-state index contributed by atoms with van der Waals surface area (Å²) >= 11 is 0. The first-order valence-electron chi connectivity index (χ1n) is 8.17. The fraction of sp³-hybridized carbons (Fsp3) is 0.556. The predicted octanol–water partition coefficient (Wildman–Crippen LogP) is 4.74. The van der Waals surface area contributed by atoms with E-state index in [0.29, 0.717) is 6.04 Å². The molecule has 1 aliphatic rings. The van der Waals surface area contributed by atoms with Crippen LogP contribution in [0.1, 0.15) is 51.3 Å². The first-order valence-corrected chi connectivity index (χ1v) is 8.17. The number of rotatable bonds is 3. The Kier molecular flexibility index (Phi) is 4.29. The second-order valence-corrected chi connectivity index (χ2v) is 6.49. The number of likely N-dealkylation sites (tertiary alicyclic amines) is 1. The van der Waals surface area contributed by atoms with E-state index in [2.05, 4.69) is 29.4 Å². The molecule has 1 aromatic heterocycles. The van der Waals surface area contributed by atoms with Crippen LogP contribution in [0, 0.1) is 5.82 Å². The molecule has 0 bridgehead atoms. The van der Waals surface area contributed by atoms with Gasteiger partial charge in [-0.05, 0) is 64.0 Å². The van der Waals surface area contributed by atoms with Crippen LogP contribution in [0.2, 0.25) is 0 Å². The summed E-state index contributed by atoms with van der Waals surface area (Å²) in [5, 5.41) is 1.02.